The van der Waals surface area contributed by atoms with Gasteiger partial charge in [0.1, 0.15) is 6.10 Å². The van der Waals surface area contributed by atoms with Gasteiger partial charge in [-0.25, -0.2) is 4.79 Å². The molecule has 0 radical (unpaired) electrons. The van der Waals surface area contributed by atoms with Gasteiger partial charge in [-0.3, -0.25) is 0 Å². The molecule has 0 aliphatic heterocycles. The van der Waals surface area contributed by atoms with E-state index in [0.29, 0.717) is 6.54 Å². The summed E-state index contributed by atoms with van der Waals surface area (Å²) in [5, 5.41) is 2.62. The van der Waals surface area contributed by atoms with Crippen molar-refractivity contribution in [2.24, 2.45) is 5.73 Å². The molecular weight excluding hydrogens is 192 g/mol. The molecule has 0 aromatic carbocycles. The largest absolute Gasteiger partial charge is 0.442 e. The molecule has 1 rings (SSSR count). The van der Waals surface area contributed by atoms with E-state index in [0.717, 1.165) is 25.7 Å². The van der Waals surface area contributed by atoms with E-state index >= 15 is 0 Å². The average Bonchev–Trinajstić information content (AvgIpc) is 2.14. The van der Waals surface area contributed by atoms with Gasteiger partial charge >= 0.3 is 6.09 Å². The van der Waals surface area contributed by atoms with E-state index < -0.39 is 0 Å². The zero-order valence-corrected chi connectivity index (χ0v) is 9.24. The van der Waals surface area contributed by atoms with Gasteiger partial charge in [0.25, 0.3) is 0 Å². The highest BCUT2D eigenvalue weighted by Crippen LogP contribution is 2.13. The van der Waals surface area contributed by atoms with Crippen molar-refractivity contribution in [3.8, 4) is 0 Å². The monoisotopic (exact) mass is 212 g/mol. The Bertz CT molecular complexity index is 229. The van der Waals surface area contributed by atoms with Crippen molar-refractivity contribution in [2.45, 2.75) is 44.8 Å². The molecule has 0 saturated carbocycles. The van der Waals surface area contributed by atoms with E-state index in [4.69, 9.17) is 10.5 Å². The smallest absolute Gasteiger partial charge is 0.407 e. The summed E-state index contributed by atoms with van der Waals surface area (Å²) in [6.45, 7) is 2.47. The van der Waals surface area contributed by atoms with Crippen LogP contribution in [0.3, 0.4) is 0 Å². The molecule has 1 aliphatic carbocycles. The third kappa shape index (κ3) is 4.83. The molecule has 4 nitrogen and oxygen atoms in total. The van der Waals surface area contributed by atoms with Crippen molar-refractivity contribution in [1.29, 1.82) is 0 Å². The van der Waals surface area contributed by atoms with Crippen molar-refractivity contribution in [2.75, 3.05) is 6.54 Å². The number of alkyl carbamates (subject to hydrolysis) is 1. The Morgan fingerprint density at radius 1 is 1.60 bits per heavy atom. The number of rotatable bonds is 2. The highest BCUT2D eigenvalue weighted by molar-refractivity contribution is 5.67. The first-order valence-electron chi connectivity index (χ1n) is 5.59. The average molecular weight is 212 g/mol. The molecule has 0 heterocycles. The highest BCUT2D eigenvalue weighted by atomic mass is 16.6. The van der Waals surface area contributed by atoms with Gasteiger partial charge in [-0.05, 0) is 38.7 Å². The first-order chi connectivity index (χ1) is 7.22. The Morgan fingerprint density at radius 3 is 3.13 bits per heavy atom. The molecule has 15 heavy (non-hydrogen) atoms. The van der Waals surface area contributed by atoms with Crippen LogP contribution in [0, 0.1) is 0 Å². The fraction of sp³-hybridized carbons (Fsp3) is 0.727. The Labute approximate surface area is 90.9 Å². The van der Waals surface area contributed by atoms with Crippen LogP contribution in [0.5, 0.6) is 0 Å². The van der Waals surface area contributed by atoms with Gasteiger partial charge in [-0.1, -0.05) is 6.08 Å². The maximum absolute atomic E-state index is 11.2. The predicted molar refractivity (Wildman–Crippen MR) is 59.5 cm³/mol. The predicted octanol–water partition coefficient (Wildman–Crippen LogP) is 1.56. The van der Waals surface area contributed by atoms with Crippen LogP contribution in [-0.2, 0) is 4.74 Å². The van der Waals surface area contributed by atoms with E-state index in [9.17, 15) is 4.79 Å². The van der Waals surface area contributed by atoms with E-state index in [1.807, 2.05) is 19.1 Å². The molecule has 0 saturated heterocycles. The Hall–Kier alpha value is -1.03. The van der Waals surface area contributed by atoms with Crippen LogP contribution in [0.4, 0.5) is 4.79 Å². The second kappa shape index (κ2) is 6.45. The minimum absolute atomic E-state index is 0.0935. The van der Waals surface area contributed by atoms with E-state index in [-0.39, 0.29) is 18.2 Å². The van der Waals surface area contributed by atoms with Crippen molar-refractivity contribution in [3.05, 3.63) is 12.2 Å². The standard InChI is InChI=1S/C11H20N2O2/c1-2-13-11(14)15-10-7-3-5-9(12)6-4-8-10/h3,7,9-10H,2,4-6,8,12H2,1H3,(H,13,14)/b7-3+. The lowest BCUT2D eigenvalue weighted by Gasteiger charge is -2.18. The molecular formula is C11H20N2O2. The molecule has 2 atom stereocenters. The first kappa shape index (κ1) is 12.0. The number of amides is 1. The van der Waals surface area contributed by atoms with Crippen LogP contribution in [0.1, 0.15) is 32.6 Å². The Kier molecular flexibility index (Phi) is 5.18. The van der Waals surface area contributed by atoms with Crippen LogP contribution >= 0.6 is 0 Å². The molecule has 0 bridgehead atoms. The van der Waals surface area contributed by atoms with Crippen molar-refractivity contribution >= 4 is 6.09 Å². The summed E-state index contributed by atoms with van der Waals surface area (Å²) in [6.07, 6.45) is 7.26. The Morgan fingerprint density at radius 2 is 2.40 bits per heavy atom. The van der Waals surface area contributed by atoms with Crippen LogP contribution in [0.25, 0.3) is 0 Å². The van der Waals surface area contributed by atoms with Gasteiger partial charge in [0.05, 0.1) is 0 Å². The molecule has 1 amide bonds. The summed E-state index contributed by atoms with van der Waals surface area (Å²) in [5.41, 5.74) is 5.83. The quantitative estimate of drug-likeness (QED) is 0.683. The Balaban J connectivity index is 2.37. The van der Waals surface area contributed by atoms with Crippen LogP contribution < -0.4 is 11.1 Å². The maximum Gasteiger partial charge on any atom is 0.407 e. The molecule has 0 aromatic rings. The van der Waals surface area contributed by atoms with Gasteiger partial charge in [0, 0.05) is 12.6 Å². The highest BCUT2D eigenvalue weighted by Gasteiger charge is 2.13. The number of hydrogen-bond donors (Lipinski definition) is 2. The number of carbonyl (C=O) groups excluding carboxylic acids is 1. The molecule has 86 valence electrons. The number of hydrogen-bond acceptors (Lipinski definition) is 3. The fourth-order valence-electron chi connectivity index (χ4n) is 1.62. The number of carbonyl (C=O) groups is 1. The third-order valence-corrected chi connectivity index (χ3v) is 2.43. The summed E-state index contributed by atoms with van der Waals surface area (Å²) >= 11 is 0. The van der Waals surface area contributed by atoms with Crippen LogP contribution in [0.2, 0.25) is 0 Å². The first-order valence-corrected chi connectivity index (χ1v) is 5.59. The lowest BCUT2D eigenvalue weighted by Crippen LogP contribution is -2.29. The van der Waals surface area contributed by atoms with Crippen LogP contribution in [-0.4, -0.2) is 24.8 Å². The van der Waals surface area contributed by atoms with Crippen LogP contribution in [0.15, 0.2) is 12.2 Å². The lowest BCUT2D eigenvalue weighted by atomic mass is 10.0. The molecule has 2 unspecified atom stereocenters. The SMILES string of the molecule is CCNC(=O)OC1/C=C/CC(N)CCC1. The lowest BCUT2D eigenvalue weighted by molar-refractivity contribution is 0.113. The van der Waals surface area contributed by atoms with Crippen molar-refractivity contribution < 1.29 is 9.53 Å². The summed E-state index contributed by atoms with van der Waals surface area (Å²) in [7, 11) is 0. The van der Waals surface area contributed by atoms with Gasteiger partial charge in [-0.2, -0.15) is 0 Å². The number of ether oxygens (including phenoxy) is 1. The molecule has 1 aliphatic rings. The minimum Gasteiger partial charge on any atom is -0.442 e. The van der Waals surface area contributed by atoms with Gasteiger partial charge in [0.2, 0.25) is 0 Å². The van der Waals surface area contributed by atoms with Crippen molar-refractivity contribution in [1.82, 2.24) is 5.32 Å². The van der Waals surface area contributed by atoms with Crippen molar-refractivity contribution in [3.63, 3.8) is 0 Å². The third-order valence-electron chi connectivity index (χ3n) is 2.43. The zero-order chi connectivity index (χ0) is 11.1. The van der Waals surface area contributed by atoms with Gasteiger partial charge in [0.15, 0.2) is 0 Å². The second-order valence-corrected chi connectivity index (χ2v) is 3.83. The molecule has 0 fully saturated rings. The summed E-state index contributed by atoms with van der Waals surface area (Å²) in [5.74, 6) is 0. The number of nitrogens with two attached hydrogens (primary N) is 1. The summed E-state index contributed by atoms with van der Waals surface area (Å²) in [4.78, 5) is 11.2. The van der Waals surface area contributed by atoms with E-state index in [1.165, 1.54) is 0 Å². The maximum atomic E-state index is 11.2. The molecule has 0 spiro atoms. The minimum atomic E-state index is -0.336. The molecule has 3 N–H and O–H groups in total. The van der Waals surface area contributed by atoms with E-state index in [2.05, 4.69) is 5.32 Å². The zero-order valence-electron chi connectivity index (χ0n) is 9.24. The summed E-state index contributed by atoms with van der Waals surface area (Å²) in [6, 6.07) is 0.256. The fourth-order valence-corrected chi connectivity index (χ4v) is 1.62. The normalized spacial score (nSPS) is 28.7. The molecule has 0 aromatic heterocycles. The number of nitrogens with one attached hydrogen (secondary N) is 1. The van der Waals surface area contributed by atoms with Gasteiger partial charge < -0.3 is 15.8 Å². The van der Waals surface area contributed by atoms with Gasteiger partial charge in [-0.15, -0.1) is 0 Å². The van der Waals surface area contributed by atoms with E-state index in [1.54, 1.807) is 0 Å². The second-order valence-electron chi connectivity index (χ2n) is 3.83. The summed E-state index contributed by atoms with van der Waals surface area (Å²) < 4.78 is 5.22. The molecule has 4 heteroatoms. The topological polar surface area (TPSA) is 64.3 Å².